The maximum absolute atomic E-state index is 12.2. The third-order valence-corrected chi connectivity index (χ3v) is 4.28. The molecule has 1 aliphatic heterocycles. The average Bonchev–Trinajstić information content (AvgIpc) is 2.86. The Hall–Kier alpha value is -1.88. The van der Waals surface area contributed by atoms with Crippen molar-refractivity contribution in [3.63, 3.8) is 0 Å². The van der Waals surface area contributed by atoms with Gasteiger partial charge >= 0.3 is 0 Å². The van der Waals surface area contributed by atoms with Crippen LogP contribution in [0.5, 0.6) is 0 Å². The van der Waals surface area contributed by atoms with E-state index in [1.165, 1.54) is 0 Å². The number of nitrogens with one attached hydrogen (secondary N) is 1. The van der Waals surface area contributed by atoms with Gasteiger partial charge in [-0.15, -0.1) is 0 Å². The lowest BCUT2D eigenvalue weighted by Crippen LogP contribution is -2.35. The smallest absolute Gasteiger partial charge is 0.225 e. The van der Waals surface area contributed by atoms with Crippen molar-refractivity contribution in [3.05, 3.63) is 35.4 Å². The molecule has 1 aliphatic rings. The Kier molecular flexibility index (Phi) is 5.09. The third-order valence-electron chi connectivity index (χ3n) is 4.28. The molecule has 2 amide bonds. The number of hydrogen-bond acceptors (Lipinski definition) is 3. The summed E-state index contributed by atoms with van der Waals surface area (Å²) in [6.45, 7) is 8.32. The fourth-order valence-corrected chi connectivity index (χ4v) is 2.77. The lowest BCUT2D eigenvalue weighted by Gasteiger charge is -2.20. The minimum Gasteiger partial charge on any atom is -0.386 e. The average molecular weight is 318 g/mol. The van der Waals surface area contributed by atoms with Crippen LogP contribution in [0.1, 0.15) is 45.2 Å². The highest BCUT2D eigenvalue weighted by Gasteiger charge is 2.35. The molecule has 2 N–H and O–H groups in total. The van der Waals surface area contributed by atoms with Crippen LogP contribution in [-0.4, -0.2) is 34.4 Å². The van der Waals surface area contributed by atoms with Crippen molar-refractivity contribution in [1.29, 1.82) is 0 Å². The van der Waals surface area contributed by atoms with Gasteiger partial charge in [-0.3, -0.25) is 9.59 Å². The Morgan fingerprint density at radius 2 is 1.96 bits per heavy atom. The third kappa shape index (κ3) is 4.32. The number of aliphatic hydroxyl groups is 1. The van der Waals surface area contributed by atoms with Gasteiger partial charge in [-0.25, -0.2) is 0 Å². The van der Waals surface area contributed by atoms with E-state index >= 15 is 0 Å². The van der Waals surface area contributed by atoms with E-state index in [1.807, 2.05) is 38.1 Å². The molecule has 2 rings (SSSR count). The Morgan fingerprint density at radius 1 is 1.35 bits per heavy atom. The molecular weight excluding hydrogens is 292 g/mol. The van der Waals surface area contributed by atoms with Crippen LogP contribution in [0.25, 0.3) is 0 Å². The van der Waals surface area contributed by atoms with Crippen LogP contribution in [0.3, 0.4) is 0 Å². The van der Waals surface area contributed by atoms with Gasteiger partial charge in [-0.05, 0) is 38.8 Å². The molecule has 0 bridgehead atoms. The van der Waals surface area contributed by atoms with Crippen LogP contribution < -0.4 is 5.32 Å². The minimum atomic E-state index is -0.869. The van der Waals surface area contributed by atoms with E-state index in [9.17, 15) is 14.7 Å². The van der Waals surface area contributed by atoms with Crippen molar-refractivity contribution in [1.82, 2.24) is 10.2 Å². The summed E-state index contributed by atoms with van der Waals surface area (Å²) in [7, 11) is 0. The largest absolute Gasteiger partial charge is 0.386 e. The molecule has 126 valence electrons. The molecule has 5 heteroatoms. The predicted molar refractivity (Wildman–Crippen MR) is 88.5 cm³/mol. The van der Waals surface area contributed by atoms with Crippen LogP contribution in [0.4, 0.5) is 0 Å². The highest BCUT2D eigenvalue weighted by molar-refractivity contribution is 5.89. The molecule has 1 saturated heterocycles. The fourth-order valence-electron chi connectivity index (χ4n) is 2.77. The molecule has 5 nitrogen and oxygen atoms in total. The second-order valence-corrected chi connectivity index (χ2v) is 7.01. The van der Waals surface area contributed by atoms with E-state index in [0.29, 0.717) is 19.5 Å². The van der Waals surface area contributed by atoms with Crippen LogP contribution in [0, 0.1) is 5.92 Å². The zero-order valence-corrected chi connectivity index (χ0v) is 14.3. The van der Waals surface area contributed by atoms with Crippen LogP contribution in [0.2, 0.25) is 0 Å². The number of carbonyl (C=O) groups is 2. The number of carbonyl (C=O) groups excluding carboxylic acids is 2. The van der Waals surface area contributed by atoms with Crippen LogP contribution in [0.15, 0.2) is 24.3 Å². The Morgan fingerprint density at radius 3 is 2.43 bits per heavy atom. The first-order valence-corrected chi connectivity index (χ1v) is 8.07. The predicted octanol–water partition coefficient (Wildman–Crippen LogP) is 1.79. The van der Waals surface area contributed by atoms with Gasteiger partial charge in [-0.2, -0.15) is 0 Å². The van der Waals surface area contributed by atoms with E-state index in [0.717, 1.165) is 11.1 Å². The van der Waals surface area contributed by atoms with E-state index in [4.69, 9.17) is 0 Å². The van der Waals surface area contributed by atoms with Crippen molar-refractivity contribution in [2.75, 3.05) is 6.54 Å². The highest BCUT2D eigenvalue weighted by atomic mass is 16.3. The van der Waals surface area contributed by atoms with Crippen molar-refractivity contribution < 1.29 is 14.7 Å². The first kappa shape index (κ1) is 17.5. The molecular formula is C18H26N2O3. The molecule has 1 aromatic rings. The van der Waals surface area contributed by atoms with Crippen molar-refractivity contribution in [2.45, 2.75) is 52.3 Å². The number of benzene rings is 1. The molecule has 1 unspecified atom stereocenters. The second-order valence-electron chi connectivity index (χ2n) is 7.01. The van der Waals surface area contributed by atoms with Gasteiger partial charge in [0.1, 0.15) is 0 Å². The normalized spacial score (nSPS) is 18.6. The van der Waals surface area contributed by atoms with Gasteiger partial charge in [-0.1, -0.05) is 24.3 Å². The molecule has 0 aliphatic carbocycles. The molecule has 1 aromatic carbocycles. The zero-order chi connectivity index (χ0) is 17.2. The molecule has 0 saturated carbocycles. The second kappa shape index (κ2) is 6.71. The van der Waals surface area contributed by atoms with Crippen molar-refractivity contribution >= 4 is 11.8 Å². The van der Waals surface area contributed by atoms with E-state index in [1.54, 1.807) is 18.7 Å². The Bertz CT molecular complexity index is 573. The summed E-state index contributed by atoms with van der Waals surface area (Å²) in [5.41, 5.74) is 0.935. The number of likely N-dealkylation sites (tertiary alicyclic amines) is 1. The molecule has 1 fully saturated rings. The standard InChI is InChI=1S/C18H26N2O3/c1-12(2)20-11-14(9-16(20)21)17(22)19-10-13-5-7-15(8-6-13)18(3,4)23/h5-8,12,14,23H,9-11H2,1-4H3,(H,19,22). The molecule has 1 heterocycles. The fraction of sp³-hybridized carbons (Fsp3) is 0.556. The maximum atomic E-state index is 12.2. The van der Waals surface area contributed by atoms with Gasteiger partial charge in [0.25, 0.3) is 0 Å². The SMILES string of the molecule is CC(C)N1CC(C(=O)NCc2ccc(C(C)(C)O)cc2)CC1=O. The van der Waals surface area contributed by atoms with Gasteiger partial charge < -0.3 is 15.3 Å². The summed E-state index contributed by atoms with van der Waals surface area (Å²) >= 11 is 0. The highest BCUT2D eigenvalue weighted by Crippen LogP contribution is 2.21. The summed E-state index contributed by atoms with van der Waals surface area (Å²) in [4.78, 5) is 25.8. The molecule has 0 aromatic heterocycles. The maximum Gasteiger partial charge on any atom is 0.225 e. The van der Waals surface area contributed by atoms with E-state index < -0.39 is 5.60 Å². The monoisotopic (exact) mass is 318 g/mol. The first-order chi connectivity index (χ1) is 10.7. The molecule has 23 heavy (non-hydrogen) atoms. The van der Waals surface area contributed by atoms with Crippen LogP contribution >= 0.6 is 0 Å². The Labute approximate surface area is 137 Å². The number of hydrogen-bond donors (Lipinski definition) is 2. The van der Waals surface area contributed by atoms with Gasteiger partial charge in [0.15, 0.2) is 0 Å². The summed E-state index contributed by atoms with van der Waals surface area (Å²) < 4.78 is 0. The minimum absolute atomic E-state index is 0.0506. The van der Waals surface area contributed by atoms with Crippen molar-refractivity contribution in [3.8, 4) is 0 Å². The Balaban J connectivity index is 1.89. The summed E-state index contributed by atoms with van der Waals surface area (Å²) in [6.07, 6.45) is 0.293. The lowest BCUT2D eigenvalue weighted by molar-refractivity contribution is -0.130. The van der Waals surface area contributed by atoms with Gasteiger partial charge in [0.2, 0.25) is 11.8 Å². The van der Waals surface area contributed by atoms with Crippen LogP contribution in [-0.2, 0) is 21.7 Å². The first-order valence-electron chi connectivity index (χ1n) is 8.07. The summed E-state index contributed by atoms with van der Waals surface area (Å²) in [6, 6.07) is 7.65. The van der Waals surface area contributed by atoms with E-state index in [-0.39, 0.29) is 23.8 Å². The van der Waals surface area contributed by atoms with Gasteiger partial charge in [0, 0.05) is 25.6 Å². The topological polar surface area (TPSA) is 69.6 Å². The quantitative estimate of drug-likeness (QED) is 0.869. The number of amides is 2. The zero-order valence-electron chi connectivity index (χ0n) is 14.3. The van der Waals surface area contributed by atoms with E-state index in [2.05, 4.69) is 5.32 Å². The summed E-state index contributed by atoms with van der Waals surface area (Å²) in [5.74, 6) is -0.289. The lowest BCUT2D eigenvalue weighted by atomic mass is 9.97. The molecule has 1 atom stereocenters. The molecule has 0 spiro atoms. The number of rotatable bonds is 5. The molecule has 0 radical (unpaired) electrons. The van der Waals surface area contributed by atoms with Gasteiger partial charge in [0.05, 0.1) is 11.5 Å². The van der Waals surface area contributed by atoms with Crippen molar-refractivity contribution in [2.24, 2.45) is 5.92 Å². The summed E-state index contributed by atoms with van der Waals surface area (Å²) in [5, 5.41) is 12.8. The number of nitrogens with zero attached hydrogens (tertiary/aromatic N) is 1.